The molecule has 1 aliphatic heterocycles. The summed E-state index contributed by atoms with van der Waals surface area (Å²) in [6.45, 7) is 7.58. The van der Waals surface area contributed by atoms with Gasteiger partial charge >= 0.3 is 4.87 Å². The number of aromatic nitrogens is 1. The van der Waals surface area contributed by atoms with Crippen molar-refractivity contribution in [1.29, 1.82) is 0 Å². The van der Waals surface area contributed by atoms with Crippen LogP contribution in [0, 0.1) is 12.8 Å². The average Bonchev–Trinajstić information content (AvgIpc) is 2.45. The van der Waals surface area contributed by atoms with Crippen LogP contribution in [0.2, 0.25) is 0 Å². The lowest BCUT2D eigenvalue weighted by Crippen LogP contribution is -2.33. The van der Waals surface area contributed by atoms with Gasteiger partial charge in [-0.3, -0.25) is 9.69 Å². The maximum Gasteiger partial charge on any atom is 0.304 e. The fraction of sp³-hybridized carbons (Fsp3) is 0.727. The molecule has 2 rings (SSSR count). The summed E-state index contributed by atoms with van der Waals surface area (Å²) in [7, 11) is 0. The Morgan fingerprint density at radius 2 is 2.40 bits per heavy atom. The fourth-order valence-corrected chi connectivity index (χ4v) is 3.10. The van der Waals surface area contributed by atoms with Crippen molar-refractivity contribution in [1.82, 2.24) is 9.88 Å². The van der Waals surface area contributed by atoms with Crippen molar-refractivity contribution < 1.29 is 0 Å². The van der Waals surface area contributed by atoms with Crippen molar-refractivity contribution in [2.75, 3.05) is 13.1 Å². The van der Waals surface area contributed by atoms with Crippen molar-refractivity contribution in [2.45, 2.75) is 33.2 Å². The normalized spacial score (nSPS) is 23.2. The maximum absolute atomic E-state index is 11.2. The Morgan fingerprint density at radius 3 is 3.00 bits per heavy atom. The molecule has 84 valence electrons. The lowest BCUT2D eigenvalue weighted by molar-refractivity contribution is 0.177. The van der Waals surface area contributed by atoms with Crippen molar-refractivity contribution in [2.24, 2.45) is 5.92 Å². The third-order valence-electron chi connectivity index (χ3n) is 3.03. The smallest absolute Gasteiger partial charge is 0.304 e. The number of aromatic amines is 1. The van der Waals surface area contributed by atoms with E-state index in [1.54, 1.807) is 0 Å². The predicted molar refractivity (Wildman–Crippen MR) is 63.4 cm³/mol. The second-order valence-electron chi connectivity index (χ2n) is 4.55. The number of aryl methyl sites for hydroxylation is 1. The van der Waals surface area contributed by atoms with E-state index in [1.165, 1.54) is 42.1 Å². The van der Waals surface area contributed by atoms with Crippen LogP contribution in [-0.4, -0.2) is 23.0 Å². The van der Waals surface area contributed by atoms with Crippen LogP contribution in [0.15, 0.2) is 4.79 Å². The molecule has 1 N–H and O–H groups in total. The van der Waals surface area contributed by atoms with Gasteiger partial charge in [0.25, 0.3) is 0 Å². The molecular formula is C11H18N2OS. The number of rotatable bonds is 2. The molecule has 0 aliphatic carbocycles. The summed E-state index contributed by atoms with van der Waals surface area (Å²) in [5, 5.41) is 0. The number of hydrogen-bond donors (Lipinski definition) is 1. The molecule has 2 heterocycles. The van der Waals surface area contributed by atoms with Gasteiger partial charge in [0, 0.05) is 23.7 Å². The number of piperidine rings is 1. The number of likely N-dealkylation sites (tertiary alicyclic amines) is 1. The van der Waals surface area contributed by atoms with Gasteiger partial charge in [0.05, 0.1) is 0 Å². The van der Waals surface area contributed by atoms with E-state index in [-0.39, 0.29) is 4.87 Å². The first-order valence-corrected chi connectivity index (χ1v) is 6.37. The summed E-state index contributed by atoms with van der Waals surface area (Å²) in [5.41, 5.74) is 1.04. The third kappa shape index (κ3) is 2.69. The minimum absolute atomic E-state index is 0.0764. The minimum atomic E-state index is 0.0764. The zero-order valence-corrected chi connectivity index (χ0v) is 10.2. The summed E-state index contributed by atoms with van der Waals surface area (Å²) >= 11 is 1.36. The largest absolute Gasteiger partial charge is 0.317 e. The van der Waals surface area contributed by atoms with Gasteiger partial charge in [-0.25, -0.2) is 0 Å². The van der Waals surface area contributed by atoms with Gasteiger partial charge in [-0.2, -0.15) is 0 Å². The third-order valence-corrected chi connectivity index (χ3v) is 4.00. The van der Waals surface area contributed by atoms with Crippen molar-refractivity contribution in [3.05, 3.63) is 20.2 Å². The standard InChI is InChI=1S/C11H18N2OS/c1-8-4-3-5-13(6-8)7-10-9(2)12-11(14)15-10/h8H,3-7H2,1-2H3,(H,12,14). The molecule has 1 fully saturated rings. The van der Waals surface area contributed by atoms with Gasteiger partial charge in [-0.1, -0.05) is 18.3 Å². The molecule has 0 saturated carbocycles. The molecule has 1 aliphatic rings. The highest BCUT2D eigenvalue weighted by molar-refractivity contribution is 7.09. The molecule has 15 heavy (non-hydrogen) atoms. The van der Waals surface area contributed by atoms with E-state index < -0.39 is 0 Å². The Kier molecular flexibility index (Phi) is 3.26. The van der Waals surface area contributed by atoms with Crippen LogP contribution >= 0.6 is 11.3 Å². The van der Waals surface area contributed by atoms with Crippen molar-refractivity contribution >= 4 is 11.3 Å². The van der Waals surface area contributed by atoms with Crippen molar-refractivity contribution in [3.8, 4) is 0 Å². The molecule has 1 atom stereocenters. The summed E-state index contributed by atoms with van der Waals surface area (Å²) in [6.07, 6.45) is 2.64. The van der Waals surface area contributed by atoms with E-state index in [4.69, 9.17) is 0 Å². The van der Waals surface area contributed by atoms with Gasteiger partial charge in [0.2, 0.25) is 0 Å². The summed E-state index contributed by atoms with van der Waals surface area (Å²) in [4.78, 5) is 17.7. The Morgan fingerprint density at radius 1 is 1.60 bits per heavy atom. The molecule has 4 heteroatoms. The number of thiazole rings is 1. The highest BCUT2D eigenvalue weighted by atomic mass is 32.1. The molecule has 0 aromatic carbocycles. The van der Waals surface area contributed by atoms with Crippen LogP contribution in [0.25, 0.3) is 0 Å². The van der Waals surface area contributed by atoms with Crippen LogP contribution in [0.4, 0.5) is 0 Å². The first-order valence-electron chi connectivity index (χ1n) is 5.56. The monoisotopic (exact) mass is 226 g/mol. The van der Waals surface area contributed by atoms with Gasteiger partial charge in [-0.05, 0) is 32.2 Å². The van der Waals surface area contributed by atoms with Crippen LogP contribution in [-0.2, 0) is 6.54 Å². The van der Waals surface area contributed by atoms with Gasteiger partial charge in [-0.15, -0.1) is 0 Å². The predicted octanol–water partition coefficient (Wildman–Crippen LogP) is 1.98. The van der Waals surface area contributed by atoms with Gasteiger partial charge in [0.15, 0.2) is 0 Å². The lowest BCUT2D eigenvalue weighted by atomic mass is 10.0. The van der Waals surface area contributed by atoms with Crippen LogP contribution < -0.4 is 4.87 Å². The van der Waals surface area contributed by atoms with E-state index in [2.05, 4.69) is 16.8 Å². The molecule has 1 aromatic rings. The Balaban J connectivity index is 2.02. The molecule has 1 saturated heterocycles. The van der Waals surface area contributed by atoms with E-state index in [0.29, 0.717) is 0 Å². The van der Waals surface area contributed by atoms with Crippen LogP contribution in [0.1, 0.15) is 30.3 Å². The van der Waals surface area contributed by atoms with Gasteiger partial charge in [0.1, 0.15) is 0 Å². The van der Waals surface area contributed by atoms with E-state index in [1.807, 2.05) is 6.92 Å². The van der Waals surface area contributed by atoms with Crippen LogP contribution in [0.3, 0.4) is 0 Å². The quantitative estimate of drug-likeness (QED) is 0.837. The SMILES string of the molecule is Cc1[nH]c(=O)sc1CN1CCCC(C)C1. The Labute approximate surface area is 94.1 Å². The van der Waals surface area contributed by atoms with E-state index in [9.17, 15) is 4.79 Å². The second kappa shape index (κ2) is 4.49. The number of nitrogens with one attached hydrogen (secondary N) is 1. The molecule has 1 aromatic heterocycles. The maximum atomic E-state index is 11.2. The molecule has 1 unspecified atom stereocenters. The summed E-state index contributed by atoms with van der Waals surface area (Å²) in [6, 6.07) is 0. The van der Waals surface area contributed by atoms with E-state index in [0.717, 1.165) is 18.2 Å². The summed E-state index contributed by atoms with van der Waals surface area (Å²) < 4.78 is 0. The molecular weight excluding hydrogens is 208 g/mol. The zero-order valence-electron chi connectivity index (χ0n) is 9.38. The average molecular weight is 226 g/mol. The molecule has 0 amide bonds. The van der Waals surface area contributed by atoms with E-state index >= 15 is 0 Å². The molecule has 3 nitrogen and oxygen atoms in total. The number of H-pyrrole nitrogens is 1. The minimum Gasteiger partial charge on any atom is -0.317 e. The number of nitrogens with zero attached hydrogens (tertiary/aromatic N) is 1. The van der Waals surface area contributed by atoms with Crippen molar-refractivity contribution in [3.63, 3.8) is 0 Å². The van der Waals surface area contributed by atoms with Crippen LogP contribution in [0.5, 0.6) is 0 Å². The number of hydrogen-bond acceptors (Lipinski definition) is 3. The zero-order chi connectivity index (χ0) is 10.8. The Bertz CT molecular complexity index is 382. The second-order valence-corrected chi connectivity index (χ2v) is 5.61. The lowest BCUT2D eigenvalue weighted by Gasteiger charge is -2.30. The topological polar surface area (TPSA) is 36.1 Å². The fourth-order valence-electron chi connectivity index (χ4n) is 2.22. The highest BCUT2D eigenvalue weighted by Gasteiger charge is 2.17. The Hall–Kier alpha value is -0.610. The first kappa shape index (κ1) is 10.9. The highest BCUT2D eigenvalue weighted by Crippen LogP contribution is 2.19. The van der Waals surface area contributed by atoms with Gasteiger partial charge < -0.3 is 4.98 Å². The molecule has 0 radical (unpaired) electrons. The first-order chi connectivity index (χ1) is 7.15. The molecule has 0 spiro atoms. The molecule has 0 bridgehead atoms. The summed E-state index contributed by atoms with van der Waals surface area (Å²) in [5.74, 6) is 0.801.